The largest absolute Gasteiger partial charge is 0.465 e. The van der Waals surface area contributed by atoms with Crippen LogP contribution in [0.3, 0.4) is 0 Å². The number of aryl methyl sites for hydroxylation is 1. The van der Waals surface area contributed by atoms with Gasteiger partial charge in [-0.1, -0.05) is 17.7 Å². The van der Waals surface area contributed by atoms with E-state index in [1.54, 1.807) is 4.68 Å². The number of benzene rings is 1. The molecule has 5 nitrogen and oxygen atoms in total. The van der Waals surface area contributed by atoms with E-state index in [1.807, 2.05) is 60.3 Å². The van der Waals surface area contributed by atoms with Crippen molar-refractivity contribution in [3.8, 4) is 11.5 Å². The first-order valence-electron chi connectivity index (χ1n) is 6.57. The van der Waals surface area contributed by atoms with Crippen molar-refractivity contribution in [1.82, 2.24) is 14.3 Å². The number of hydrogen-bond acceptors (Lipinski definition) is 3. The van der Waals surface area contributed by atoms with Gasteiger partial charge in [0.25, 0.3) is 0 Å². The van der Waals surface area contributed by atoms with Gasteiger partial charge in [-0.05, 0) is 31.2 Å². The van der Waals surface area contributed by atoms with Crippen molar-refractivity contribution in [2.45, 2.75) is 6.92 Å². The van der Waals surface area contributed by atoms with E-state index in [-0.39, 0.29) is 0 Å². The first-order valence-corrected chi connectivity index (χ1v) is 6.57. The summed E-state index contributed by atoms with van der Waals surface area (Å²) >= 11 is 0. The molecule has 0 amide bonds. The molecule has 0 unspecified atom stereocenters. The van der Waals surface area contributed by atoms with Gasteiger partial charge in [-0.3, -0.25) is 0 Å². The Morgan fingerprint density at radius 3 is 2.43 bits per heavy atom. The Bertz CT molecular complexity index is 755. The van der Waals surface area contributed by atoms with Gasteiger partial charge in [-0.25, -0.2) is 9.48 Å². The molecule has 0 radical (unpaired) electrons. The molecule has 2 heterocycles. The van der Waals surface area contributed by atoms with Gasteiger partial charge in [0.1, 0.15) is 5.56 Å². The van der Waals surface area contributed by atoms with Crippen LogP contribution in [0.5, 0.6) is 0 Å². The van der Waals surface area contributed by atoms with Crippen LogP contribution in [0.1, 0.15) is 15.9 Å². The van der Waals surface area contributed by atoms with Crippen LogP contribution in [0.25, 0.3) is 11.5 Å². The topological polar surface area (TPSA) is 49.0 Å². The zero-order valence-corrected chi connectivity index (χ0v) is 11.9. The zero-order valence-electron chi connectivity index (χ0n) is 11.9. The smallest absolute Gasteiger partial charge is 0.343 e. The molecule has 1 aromatic carbocycles. The van der Waals surface area contributed by atoms with E-state index in [9.17, 15) is 4.79 Å². The van der Waals surface area contributed by atoms with Gasteiger partial charge in [0, 0.05) is 12.4 Å². The number of ether oxygens (including phenoxy) is 1. The van der Waals surface area contributed by atoms with Gasteiger partial charge in [0.05, 0.1) is 19.0 Å². The molecule has 0 N–H and O–H groups in total. The highest BCUT2D eigenvalue weighted by Gasteiger charge is 2.20. The lowest BCUT2D eigenvalue weighted by molar-refractivity contribution is 0.0600. The maximum absolute atomic E-state index is 11.9. The number of esters is 1. The number of carbonyl (C=O) groups excluding carboxylic acids is 1. The molecule has 0 aliphatic rings. The van der Waals surface area contributed by atoms with Gasteiger partial charge < -0.3 is 9.30 Å². The van der Waals surface area contributed by atoms with Gasteiger partial charge >= 0.3 is 5.97 Å². The summed E-state index contributed by atoms with van der Waals surface area (Å²) in [4.78, 5) is 11.9. The fraction of sp³-hybridized carbons (Fsp3) is 0.125. The van der Waals surface area contributed by atoms with E-state index >= 15 is 0 Å². The van der Waals surface area contributed by atoms with E-state index in [1.165, 1.54) is 18.9 Å². The van der Waals surface area contributed by atoms with Crippen molar-refractivity contribution in [1.29, 1.82) is 0 Å². The Morgan fingerprint density at radius 2 is 1.81 bits per heavy atom. The Balaban J connectivity index is 2.19. The van der Waals surface area contributed by atoms with Crippen molar-refractivity contribution in [2.75, 3.05) is 7.11 Å². The highest BCUT2D eigenvalue weighted by molar-refractivity contribution is 5.92. The molecule has 0 saturated carbocycles. The molecule has 0 aliphatic heterocycles. The summed E-state index contributed by atoms with van der Waals surface area (Å²) in [5, 5.41) is 4.34. The summed E-state index contributed by atoms with van der Waals surface area (Å²) in [6, 6.07) is 11.7. The second-order valence-corrected chi connectivity index (χ2v) is 4.71. The minimum Gasteiger partial charge on any atom is -0.465 e. The van der Waals surface area contributed by atoms with E-state index in [0.29, 0.717) is 11.4 Å². The number of hydrogen-bond donors (Lipinski definition) is 0. The molecule has 0 bridgehead atoms. The van der Waals surface area contributed by atoms with Crippen LogP contribution in [-0.4, -0.2) is 27.4 Å². The molecular weight excluding hydrogens is 266 g/mol. The van der Waals surface area contributed by atoms with Crippen molar-refractivity contribution < 1.29 is 9.53 Å². The van der Waals surface area contributed by atoms with Crippen molar-refractivity contribution >= 4 is 5.97 Å². The Morgan fingerprint density at radius 1 is 1.14 bits per heavy atom. The number of methoxy groups -OCH3 is 1. The third-order valence-corrected chi connectivity index (χ3v) is 3.28. The molecule has 0 fully saturated rings. The molecule has 0 atom stereocenters. The monoisotopic (exact) mass is 281 g/mol. The van der Waals surface area contributed by atoms with Gasteiger partial charge in [0.2, 0.25) is 0 Å². The summed E-state index contributed by atoms with van der Waals surface area (Å²) in [6.45, 7) is 2.03. The molecular formula is C16H15N3O2. The molecule has 2 aromatic heterocycles. The highest BCUT2D eigenvalue weighted by Crippen LogP contribution is 2.20. The first kappa shape index (κ1) is 13.2. The lowest BCUT2D eigenvalue weighted by Gasteiger charge is -2.10. The Labute approximate surface area is 122 Å². The third-order valence-electron chi connectivity index (χ3n) is 3.28. The molecule has 0 saturated heterocycles. The lowest BCUT2D eigenvalue weighted by Crippen LogP contribution is -2.09. The summed E-state index contributed by atoms with van der Waals surface area (Å²) in [5.74, 6) is 0.257. The molecule has 3 aromatic rings. The average Bonchev–Trinajstić information content (AvgIpc) is 3.15. The lowest BCUT2D eigenvalue weighted by atomic mass is 10.2. The van der Waals surface area contributed by atoms with Gasteiger partial charge in [-0.15, -0.1) is 0 Å². The molecule has 0 aliphatic carbocycles. The predicted octanol–water partition coefficient (Wildman–Crippen LogP) is 2.76. The maximum Gasteiger partial charge on any atom is 0.343 e. The first-order chi connectivity index (χ1) is 10.2. The van der Waals surface area contributed by atoms with E-state index < -0.39 is 5.97 Å². The third kappa shape index (κ3) is 2.33. The van der Waals surface area contributed by atoms with Gasteiger partial charge in [0.15, 0.2) is 5.82 Å². The standard InChI is InChI=1S/C16H15N3O2/c1-12-5-7-13(8-6-12)19-15(18-9-3-4-10-18)14(11-17-19)16(20)21-2/h3-11H,1-2H3. The summed E-state index contributed by atoms with van der Waals surface area (Å²) in [6.07, 6.45) is 5.27. The van der Waals surface area contributed by atoms with Crippen LogP contribution >= 0.6 is 0 Å². The second kappa shape index (κ2) is 5.28. The van der Waals surface area contributed by atoms with Crippen LogP contribution in [-0.2, 0) is 4.74 Å². The maximum atomic E-state index is 11.9. The predicted molar refractivity (Wildman–Crippen MR) is 79.0 cm³/mol. The van der Waals surface area contributed by atoms with Gasteiger partial charge in [-0.2, -0.15) is 5.10 Å². The summed E-state index contributed by atoms with van der Waals surface area (Å²) in [7, 11) is 1.37. The fourth-order valence-electron chi connectivity index (χ4n) is 2.20. The zero-order chi connectivity index (χ0) is 14.8. The van der Waals surface area contributed by atoms with Crippen molar-refractivity contribution in [2.24, 2.45) is 0 Å². The van der Waals surface area contributed by atoms with Crippen molar-refractivity contribution in [3.05, 3.63) is 66.1 Å². The molecule has 106 valence electrons. The van der Waals surface area contributed by atoms with Crippen LogP contribution in [0.4, 0.5) is 0 Å². The average molecular weight is 281 g/mol. The van der Waals surface area contributed by atoms with Crippen LogP contribution in [0.15, 0.2) is 55.0 Å². The Hall–Kier alpha value is -2.82. The van der Waals surface area contributed by atoms with E-state index in [0.717, 1.165) is 5.69 Å². The number of carbonyl (C=O) groups is 1. The SMILES string of the molecule is COC(=O)c1cnn(-c2ccc(C)cc2)c1-n1cccc1. The van der Waals surface area contributed by atoms with Crippen LogP contribution in [0.2, 0.25) is 0 Å². The molecule has 0 spiro atoms. The normalized spacial score (nSPS) is 10.6. The summed E-state index contributed by atoms with van der Waals surface area (Å²) < 4.78 is 8.41. The van der Waals surface area contributed by atoms with E-state index in [4.69, 9.17) is 4.74 Å². The molecule has 21 heavy (non-hydrogen) atoms. The van der Waals surface area contributed by atoms with Crippen molar-refractivity contribution in [3.63, 3.8) is 0 Å². The number of rotatable bonds is 3. The number of aromatic nitrogens is 3. The molecule has 3 rings (SSSR count). The fourth-order valence-corrected chi connectivity index (χ4v) is 2.20. The van der Waals surface area contributed by atoms with Crippen LogP contribution < -0.4 is 0 Å². The number of nitrogens with zero attached hydrogens (tertiary/aromatic N) is 3. The minimum atomic E-state index is -0.405. The second-order valence-electron chi connectivity index (χ2n) is 4.71. The van der Waals surface area contributed by atoms with E-state index in [2.05, 4.69) is 5.10 Å². The minimum absolute atomic E-state index is 0.405. The van der Waals surface area contributed by atoms with Crippen LogP contribution in [0, 0.1) is 6.92 Å². The molecule has 5 heteroatoms. The quantitative estimate of drug-likeness (QED) is 0.694. The summed E-state index contributed by atoms with van der Waals surface area (Å²) in [5.41, 5.74) is 2.48. The highest BCUT2D eigenvalue weighted by atomic mass is 16.5. The Kier molecular flexibility index (Phi) is 3.31.